The summed E-state index contributed by atoms with van der Waals surface area (Å²) < 4.78 is 29.0. The molecule has 0 bridgehead atoms. The molecule has 0 spiro atoms. The van der Waals surface area contributed by atoms with Crippen LogP contribution in [0.2, 0.25) is 0 Å². The van der Waals surface area contributed by atoms with Crippen molar-refractivity contribution in [1.82, 2.24) is 5.32 Å². The van der Waals surface area contributed by atoms with Gasteiger partial charge in [0.05, 0.1) is 17.1 Å². The molecule has 2 aromatic rings. The second kappa shape index (κ2) is 9.06. The normalized spacial score (nSPS) is 19.2. The molecular weight excluding hydrogens is 410 g/mol. The second-order valence-electron chi connectivity index (χ2n) is 8.82. The number of benzene rings is 2. The lowest BCUT2D eigenvalue weighted by Crippen LogP contribution is -2.59. The Morgan fingerprint density at radius 3 is 2.32 bits per heavy atom. The van der Waals surface area contributed by atoms with Gasteiger partial charge in [0.2, 0.25) is 0 Å². The predicted octanol–water partition coefficient (Wildman–Crippen LogP) is 3.98. The van der Waals surface area contributed by atoms with Crippen molar-refractivity contribution in [2.24, 2.45) is 11.7 Å². The molecule has 1 fully saturated rings. The zero-order chi connectivity index (χ0) is 21.9. The first-order valence-corrected chi connectivity index (χ1v) is 12.6. The van der Waals surface area contributed by atoms with Crippen LogP contribution in [0.4, 0.5) is 17.1 Å². The lowest BCUT2D eigenvalue weighted by atomic mass is 9.85. The van der Waals surface area contributed by atoms with E-state index >= 15 is 0 Å². The van der Waals surface area contributed by atoms with Crippen molar-refractivity contribution in [3.8, 4) is 0 Å². The van der Waals surface area contributed by atoms with Crippen molar-refractivity contribution in [3.05, 3.63) is 54.1 Å². The van der Waals surface area contributed by atoms with Gasteiger partial charge in [0.25, 0.3) is 15.1 Å². The molecular formula is C23H33N5O2S. The molecule has 2 aliphatic rings. The smallest absolute Gasteiger partial charge is 0.291 e. The summed E-state index contributed by atoms with van der Waals surface area (Å²) in [5, 5.41) is 7.51. The zero-order valence-electron chi connectivity index (χ0n) is 18.0. The topological polar surface area (TPSA) is 108 Å². The Morgan fingerprint density at radius 2 is 1.65 bits per heavy atom. The molecule has 6 N–H and O–H groups in total. The Kier molecular flexibility index (Phi) is 6.41. The Hall–Kier alpha value is -2.29. The highest BCUT2D eigenvalue weighted by Crippen LogP contribution is 2.34. The summed E-state index contributed by atoms with van der Waals surface area (Å²) in [6.07, 6.45) is 7.85. The molecule has 1 aliphatic heterocycles. The van der Waals surface area contributed by atoms with E-state index in [0.29, 0.717) is 29.6 Å². The fraction of sp³-hybridized carbons (Fsp3) is 0.478. The molecule has 1 atom stereocenters. The van der Waals surface area contributed by atoms with Crippen LogP contribution in [0.1, 0.15) is 51.0 Å². The van der Waals surface area contributed by atoms with Gasteiger partial charge in [0, 0.05) is 12.6 Å². The summed E-state index contributed by atoms with van der Waals surface area (Å²) in [7, 11) is -3.99. The van der Waals surface area contributed by atoms with Crippen LogP contribution in [0, 0.1) is 5.92 Å². The van der Waals surface area contributed by atoms with Crippen molar-refractivity contribution in [2.45, 2.75) is 63.2 Å². The SMILES string of the molecule is CC(CC1CCCCC1)NCc1ccccc1NS(=O)(=O)C1(N)Nc2ccccc2N1. The van der Waals surface area contributed by atoms with Gasteiger partial charge in [0.15, 0.2) is 0 Å². The highest BCUT2D eigenvalue weighted by atomic mass is 32.2. The summed E-state index contributed by atoms with van der Waals surface area (Å²) in [6.45, 7) is 2.80. The number of nitrogens with two attached hydrogens (primary N) is 1. The first-order valence-electron chi connectivity index (χ1n) is 11.1. The quantitative estimate of drug-likeness (QED) is 0.422. The van der Waals surface area contributed by atoms with E-state index in [0.717, 1.165) is 17.9 Å². The molecule has 1 aliphatic carbocycles. The Balaban J connectivity index is 1.41. The highest BCUT2D eigenvalue weighted by Gasteiger charge is 2.45. The lowest BCUT2D eigenvalue weighted by Gasteiger charge is -2.27. The van der Waals surface area contributed by atoms with E-state index in [1.165, 1.54) is 32.1 Å². The van der Waals surface area contributed by atoms with Gasteiger partial charge in [-0.05, 0) is 43.0 Å². The van der Waals surface area contributed by atoms with Gasteiger partial charge in [-0.25, -0.2) is 8.42 Å². The average molecular weight is 444 g/mol. The van der Waals surface area contributed by atoms with Gasteiger partial charge in [0.1, 0.15) is 0 Å². The van der Waals surface area contributed by atoms with Crippen molar-refractivity contribution in [3.63, 3.8) is 0 Å². The third-order valence-electron chi connectivity index (χ3n) is 6.31. The first kappa shape index (κ1) is 21.9. The van der Waals surface area contributed by atoms with Crippen LogP contribution in [0.3, 0.4) is 0 Å². The fourth-order valence-electron chi connectivity index (χ4n) is 4.56. The highest BCUT2D eigenvalue weighted by molar-refractivity contribution is 7.94. The van der Waals surface area contributed by atoms with E-state index in [9.17, 15) is 8.42 Å². The summed E-state index contributed by atoms with van der Waals surface area (Å²) in [5.41, 5.74) is 8.95. The van der Waals surface area contributed by atoms with E-state index < -0.39 is 15.1 Å². The van der Waals surface area contributed by atoms with Crippen LogP contribution in [0.25, 0.3) is 0 Å². The number of para-hydroxylation sites is 3. The predicted molar refractivity (Wildman–Crippen MR) is 127 cm³/mol. The van der Waals surface area contributed by atoms with E-state index in [4.69, 9.17) is 5.73 Å². The number of fused-ring (bicyclic) bond motifs is 1. The largest absolute Gasteiger partial charge is 0.334 e. The maximum Gasteiger partial charge on any atom is 0.291 e. The number of nitrogens with one attached hydrogen (secondary N) is 4. The molecule has 2 aromatic carbocycles. The number of rotatable bonds is 8. The molecule has 1 saturated carbocycles. The minimum Gasteiger partial charge on any atom is -0.334 e. The molecule has 31 heavy (non-hydrogen) atoms. The molecule has 7 nitrogen and oxygen atoms in total. The minimum absolute atomic E-state index is 0.376. The summed E-state index contributed by atoms with van der Waals surface area (Å²) in [4.78, 5) is 0. The molecule has 168 valence electrons. The zero-order valence-corrected chi connectivity index (χ0v) is 18.8. The van der Waals surface area contributed by atoms with Crippen LogP contribution in [0.5, 0.6) is 0 Å². The van der Waals surface area contributed by atoms with Crippen molar-refractivity contribution in [2.75, 3.05) is 15.4 Å². The third kappa shape index (κ3) is 4.97. The average Bonchev–Trinajstić information content (AvgIpc) is 3.12. The van der Waals surface area contributed by atoms with Crippen LogP contribution in [-0.4, -0.2) is 19.6 Å². The lowest BCUT2D eigenvalue weighted by molar-refractivity contribution is 0.305. The van der Waals surface area contributed by atoms with Crippen molar-refractivity contribution in [1.29, 1.82) is 0 Å². The number of anilines is 3. The standard InChI is InChI=1S/C23H33N5O2S/c1-17(15-18-9-3-2-4-10-18)25-16-19-11-5-6-12-20(19)28-31(29,30)23(24)26-21-13-7-8-14-22(21)27-23/h5-8,11-14,17-18,25-28H,2-4,9-10,15-16,24H2,1H3. The molecule has 0 saturated heterocycles. The monoisotopic (exact) mass is 443 g/mol. The Labute approximate surface area is 185 Å². The first-order chi connectivity index (χ1) is 14.9. The summed E-state index contributed by atoms with van der Waals surface area (Å²) in [6, 6.07) is 15.1. The molecule has 4 rings (SSSR count). The van der Waals surface area contributed by atoms with Crippen LogP contribution < -0.4 is 26.4 Å². The number of sulfonamides is 1. The molecule has 8 heteroatoms. The summed E-state index contributed by atoms with van der Waals surface area (Å²) >= 11 is 0. The molecule has 0 amide bonds. The van der Waals surface area contributed by atoms with Gasteiger partial charge in [-0.2, -0.15) is 0 Å². The summed E-state index contributed by atoms with van der Waals surface area (Å²) in [5.74, 6) is 0.795. The van der Waals surface area contributed by atoms with Crippen LogP contribution in [-0.2, 0) is 16.6 Å². The maximum atomic E-state index is 13.2. The molecule has 0 radical (unpaired) electrons. The van der Waals surface area contributed by atoms with Gasteiger partial charge < -0.3 is 16.0 Å². The number of hydrogen-bond donors (Lipinski definition) is 5. The number of hydrogen-bond acceptors (Lipinski definition) is 6. The maximum absolute atomic E-state index is 13.2. The fourth-order valence-corrected chi connectivity index (χ4v) is 5.69. The van der Waals surface area contributed by atoms with Gasteiger partial charge in [-0.15, -0.1) is 0 Å². The van der Waals surface area contributed by atoms with Gasteiger partial charge in [-0.1, -0.05) is 62.4 Å². The molecule has 1 unspecified atom stereocenters. The van der Waals surface area contributed by atoms with E-state index in [2.05, 4.69) is 27.6 Å². The Bertz CT molecular complexity index is 980. The Morgan fingerprint density at radius 1 is 1.03 bits per heavy atom. The van der Waals surface area contributed by atoms with Gasteiger partial charge >= 0.3 is 0 Å². The van der Waals surface area contributed by atoms with E-state index in [1.807, 2.05) is 30.3 Å². The van der Waals surface area contributed by atoms with Gasteiger partial charge in [-0.3, -0.25) is 10.5 Å². The van der Waals surface area contributed by atoms with Crippen LogP contribution >= 0.6 is 0 Å². The van der Waals surface area contributed by atoms with Crippen LogP contribution in [0.15, 0.2) is 48.5 Å². The molecule has 0 aromatic heterocycles. The van der Waals surface area contributed by atoms with Crippen molar-refractivity contribution >= 4 is 27.1 Å². The van der Waals surface area contributed by atoms with E-state index in [-0.39, 0.29) is 0 Å². The molecule has 1 heterocycles. The second-order valence-corrected chi connectivity index (χ2v) is 10.7. The van der Waals surface area contributed by atoms with E-state index in [1.54, 1.807) is 18.2 Å². The third-order valence-corrected chi connectivity index (χ3v) is 7.85. The van der Waals surface area contributed by atoms with Crippen molar-refractivity contribution < 1.29 is 8.42 Å². The minimum atomic E-state index is -3.99.